The minimum Gasteiger partial charge on any atom is -0.465 e. The van der Waals surface area contributed by atoms with Crippen LogP contribution in [-0.2, 0) is 9.53 Å². The molecule has 0 saturated carbocycles. The molecule has 0 unspecified atom stereocenters. The molecule has 0 bridgehead atoms. The van der Waals surface area contributed by atoms with Crippen LogP contribution in [0.25, 0.3) is 0 Å². The molecule has 2 aromatic rings. The second kappa shape index (κ2) is 10.3. The molecule has 0 aliphatic carbocycles. The molecule has 1 fully saturated rings. The Morgan fingerprint density at radius 1 is 1.04 bits per heavy atom. The molecule has 3 heteroatoms. The number of carbonyl (C=O) groups is 1. The Hall–Kier alpha value is -2.13. The van der Waals surface area contributed by atoms with Crippen LogP contribution in [0, 0.1) is 5.92 Å². The lowest BCUT2D eigenvalue weighted by molar-refractivity contribution is -0.145. The largest absolute Gasteiger partial charge is 0.465 e. The molecule has 0 radical (unpaired) electrons. The maximum absolute atomic E-state index is 11.8. The van der Waals surface area contributed by atoms with Gasteiger partial charge in [0.1, 0.15) is 6.04 Å². The van der Waals surface area contributed by atoms with Crippen LogP contribution in [0.3, 0.4) is 0 Å². The zero-order valence-electron chi connectivity index (χ0n) is 16.3. The quantitative estimate of drug-likeness (QED) is 0.506. The fourth-order valence-electron chi connectivity index (χ4n) is 4.13. The summed E-state index contributed by atoms with van der Waals surface area (Å²) in [5, 5.41) is 3.32. The van der Waals surface area contributed by atoms with E-state index in [2.05, 4.69) is 66.0 Å². The maximum Gasteiger partial charge on any atom is 0.323 e. The van der Waals surface area contributed by atoms with E-state index >= 15 is 0 Å². The van der Waals surface area contributed by atoms with E-state index in [1.807, 2.05) is 6.92 Å². The van der Waals surface area contributed by atoms with Crippen LogP contribution in [0.2, 0.25) is 0 Å². The monoisotopic (exact) mass is 365 g/mol. The lowest BCUT2D eigenvalue weighted by Crippen LogP contribution is -2.32. The highest BCUT2D eigenvalue weighted by Crippen LogP contribution is 2.30. The van der Waals surface area contributed by atoms with E-state index in [1.54, 1.807) is 0 Å². The summed E-state index contributed by atoms with van der Waals surface area (Å²) in [6, 6.07) is 21.5. The van der Waals surface area contributed by atoms with Gasteiger partial charge in [0, 0.05) is 5.92 Å². The number of benzene rings is 2. The van der Waals surface area contributed by atoms with Crippen molar-refractivity contribution in [2.45, 2.75) is 51.0 Å². The molecule has 27 heavy (non-hydrogen) atoms. The number of hydrogen-bond donors (Lipinski definition) is 1. The second-order valence-corrected chi connectivity index (χ2v) is 7.47. The molecule has 3 nitrogen and oxygen atoms in total. The third kappa shape index (κ3) is 5.67. The molecule has 1 N–H and O–H groups in total. The maximum atomic E-state index is 11.8. The predicted octanol–water partition coefficient (Wildman–Crippen LogP) is 4.92. The molecule has 0 spiro atoms. The summed E-state index contributed by atoms with van der Waals surface area (Å²) < 4.78 is 5.13. The van der Waals surface area contributed by atoms with Gasteiger partial charge in [-0.1, -0.05) is 73.5 Å². The molecule has 0 aromatic heterocycles. The zero-order chi connectivity index (χ0) is 18.9. The van der Waals surface area contributed by atoms with Gasteiger partial charge in [-0.25, -0.2) is 0 Å². The topological polar surface area (TPSA) is 38.3 Å². The Morgan fingerprint density at radius 2 is 1.67 bits per heavy atom. The first-order valence-electron chi connectivity index (χ1n) is 10.3. The van der Waals surface area contributed by atoms with Gasteiger partial charge in [0.2, 0.25) is 0 Å². The molecular formula is C24H31NO2. The van der Waals surface area contributed by atoms with Crippen LogP contribution >= 0.6 is 0 Å². The van der Waals surface area contributed by atoms with Crippen LogP contribution in [-0.4, -0.2) is 25.2 Å². The standard InChI is InChI=1S/C24H31NO2/c1-2-27-24(26)23-17-19(18-25-23)11-9-10-16-22(20-12-5-3-6-13-20)21-14-7-4-8-15-21/h3-8,12-15,19,22-23,25H,2,9-11,16-18H2,1H3/t19-,23-/m0/s1. The van der Waals surface area contributed by atoms with Crippen LogP contribution < -0.4 is 5.32 Å². The molecule has 144 valence electrons. The van der Waals surface area contributed by atoms with Crippen molar-refractivity contribution >= 4 is 5.97 Å². The first-order valence-corrected chi connectivity index (χ1v) is 10.3. The van der Waals surface area contributed by atoms with E-state index in [9.17, 15) is 4.79 Å². The molecule has 1 aliphatic rings. The smallest absolute Gasteiger partial charge is 0.323 e. The molecule has 1 aliphatic heterocycles. The molecule has 1 saturated heterocycles. The van der Waals surface area contributed by atoms with Crippen molar-refractivity contribution in [3.63, 3.8) is 0 Å². The van der Waals surface area contributed by atoms with Gasteiger partial charge in [-0.2, -0.15) is 0 Å². The SMILES string of the molecule is CCOC(=O)[C@@H]1C[C@H](CCCCC(c2ccccc2)c2ccccc2)CN1. The van der Waals surface area contributed by atoms with Crippen molar-refractivity contribution < 1.29 is 9.53 Å². The fraction of sp³-hybridized carbons (Fsp3) is 0.458. The Labute approximate surface area is 163 Å². The van der Waals surface area contributed by atoms with Crippen molar-refractivity contribution in [3.05, 3.63) is 71.8 Å². The van der Waals surface area contributed by atoms with E-state index in [0.717, 1.165) is 19.4 Å². The van der Waals surface area contributed by atoms with Gasteiger partial charge in [0.25, 0.3) is 0 Å². The van der Waals surface area contributed by atoms with E-state index in [0.29, 0.717) is 18.4 Å². The van der Waals surface area contributed by atoms with Gasteiger partial charge >= 0.3 is 5.97 Å². The summed E-state index contributed by atoms with van der Waals surface area (Å²) in [6.07, 6.45) is 5.67. The van der Waals surface area contributed by atoms with Gasteiger partial charge in [-0.15, -0.1) is 0 Å². The molecular weight excluding hydrogens is 334 g/mol. The number of esters is 1. The first kappa shape index (κ1) is 19.6. The molecule has 2 atom stereocenters. The average Bonchev–Trinajstić information content (AvgIpc) is 3.19. The van der Waals surface area contributed by atoms with E-state index in [-0.39, 0.29) is 12.0 Å². The number of carbonyl (C=O) groups excluding carboxylic acids is 1. The summed E-state index contributed by atoms with van der Waals surface area (Å²) >= 11 is 0. The average molecular weight is 366 g/mol. The number of rotatable bonds is 9. The van der Waals surface area contributed by atoms with E-state index in [4.69, 9.17) is 4.74 Å². The van der Waals surface area contributed by atoms with Crippen molar-refractivity contribution in [1.29, 1.82) is 0 Å². The minimum atomic E-state index is -0.101. The summed E-state index contributed by atoms with van der Waals surface area (Å²) in [4.78, 5) is 11.8. The Morgan fingerprint density at radius 3 is 2.26 bits per heavy atom. The van der Waals surface area contributed by atoms with Crippen molar-refractivity contribution in [1.82, 2.24) is 5.32 Å². The first-order chi connectivity index (χ1) is 13.3. The third-order valence-corrected chi connectivity index (χ3v) is 5.55. The molecule has 1 heterocycles. The van der Waals surface area contributed by atoms with Gasteiger partial charge in [-0.05, 0) is 49.8 Å². The Bertz CT molecular complexity index is 647. The Balaban J connectivity index is 1.48. The van der Waals surface area contributed by atoms with E-state index in [1.165, 1.54) is 30.4 Å². The number of hydrogen-bond acceptors (Lipinski definition) is 3. The fourth-order valence-corrected chi connectivity index (χ4v) is 4.13. The third-order valence-electron chi connectivity index (χ3n) is 5.55. The number of ether oxygens (including phenoxy) is 1. The normalized spacial score (nSPS) is 19.3. The number of nitrogens with one attached hydrogen (secondary N) is 1. The van der Waals surface area contributed by atoms with Crippen LogP contribution in [0.4, 0.5) is 0 Å². The summed E-state index contributed by atoms with van der Waals surface area (Å²) in [6.45, 7) is 3.26. The lowest BCUT2D eigenvalue weighted by atomic mass is 9.86. The van der Waals surface area contributed by atoms with Gasteiger partial charge in [-0.3, -0.25) is 4.79 Å². The zero-order valence-corrected chi connectivity index (χ0v) is 16.3. The van der Waals surface area contributed by atoms with Crippen molar-refractivity contribution in [3.8, 4) is 0 Å². The second-order valence-electron chi connectivity index (χ2n) is 7.47. The van der Waals surface area contributed by atoms with Crippen LogP contribution in [0.5, 0.6) is 0 Å². The Kier molecular flexibility index (Phi) is 7.46. The molecule has 3 rings (SSSR count). The highest BCUT2D eigenvalue weighted by atomic mass is 16.5. The highest BCUT2D eigenvalue weighted by molar-refractivity contribution is 5.76. The summed E-state index contributed by atoms with van der Waals surface area (Å²) in [7, 11) is 0. The van der Waals surface area contributed by atoms with Gasteiger partial charge in [0.15, 0.2) is 0 Å². The number of unbranched alkanes of at least 4 members (excludes halogenated alkanes) is 1. The van der Waals surface area contributed by atoms with Crippen molar-refractivity contribution in [2.75, 3.05) is 13.2 Å². The van der Waals surface area contributed by atoms with Crippen LogP contribution in [0.15, 0.2) is 60.7 Å². The van der Waals surface area contributed by atoms with Crippen molar-refractivity contribution in [2.24, 2.45) is 5.92 Å². The summed E-state index contributed by atoms with van der Waals surface area (Å²) in [5.74, 6) is 0.959. The minimum absolute atomic E-state index is 0.0896. The molecule has 0 amide bonds. The highest BCUT2D eigenvalue weighted by Gasteiger charge is 2.29. The summed E-state index contributed by atoms with van der Waals surface area (Å²) in [5.41, 5.74) is 2.79. The van der Waals surface area contributed by atoms with E-state index < -0.39 is 0 Å². The van der Waals surface area contributed by atoms with Gasteiger partial charge < -0.3 is 10.1 Å². The predicted molar refractivity (Wildman–Crippen MR) is 110 cm³/mol. The van der Waals surface area contributed by atoms with Crippen LogP contribution in [0.1, 0.15) is 56.1 Å². The van der Waals surface area contributed by atoms with Gasteiger partial charge in [0.05, 0.1) is 6.61 Å². The lowest BCUT2D eigenvalue weighted by Gasteiger charge is -2.18. The molecule has 2 aromatic carbocycles.